The van der Waals surface area contributed by atoms with E-state index < -0.39 is 9.84 Å². The number of anilines is 3. The van der Waals surface area contributed by atoms with Crippen molar-refractivity contribution in [1.82, 2.24) is 0 Å². The molecule has 0 unspecified atom stereocenters. The van der Waals surface area contributed by atoms with Crippen LogP contribution in [0.2, 0.25) is 5.02 Å². The van der Waals surface area contributed by atoms with Gasteiger partial charge in [0.2, 0.25) is 0 Å². The number of halogens is 1. The Morgan fingerprint density at radius 3 is 2.30 bits per heavy atom. The molecule has 0 aliphatic heterocycles. The van der Waals surface area contributed by atoms with Gasteiger partial charge in [0.25, 0.3) is 0 Å². The second-order valence-corrected chi connectivity index (χ2v) is 7.03. The molecule has 0 bridgehead atoms. The molecule has 0 aliphatic carbocycles. The average Bonchev–Trinajstić information content (AvgIpc) is 2.35. The van der Waals surface area contributed by atoms with Crippen LogP contribution in [-0.2, 0) is 9.84 Å². The molecule has 2 rings (SSSR count). The lowest BCUT2D eigenvalue weighted by atomic mass is 10.1. The van der Waals surface area contributed by atoms with E-state index in [0.29, 0.717) is 10.7 Å². The van der Waals surface area contributed by atoms with E-state index in [2.05, 4.69) is 5.32 Å². The number of hydrogen-bond acceptors (Lipinski definition) is 4. The lowest BCUT2D eigenvalue weighted by Gasteiger charge is -2.12. The SMILES string of the molecule is Cc1cc(N)c(Cl)cc1Nc1ccc(S(C)(=O)=O)cc1. The van der Waals surface area contributed by atoms with Gasteiger partial charge in [0, 0.05) is 17.6 Å². The van der Waals surface area contributed by atoms with E-state index in [0.717, 1.165) is 16.9 Å². The average molecular weight is 311 g/mol. The summed E-state index contributed by atoms with van der Waals surface area (Å²) in [5, 5.41) is 3.66. The Morgan fingerprint density at radius 2 is 1.75 bits per heavy atom. The maximum absolute atomic E-state index is 11.4. The number of sulfone groups is 1. The maximum atomic E-state index is 11.4. The Bertz CT molecular complexity index is 741. The highest BCUT2D eigenvalue weighted by atomic mass is 35.5. The summed E-state index contributed by atoms with van der Waals surface area (Å²) in [5.74, 6) is 0. The van der Waals surface area contributed by atoms with Gasteiger partial charge in [0.05, 0.1) is 15.6 Å². The number of benzene rings is 2. The zero-order valence-electron chi connectivity index (χ0n) is 11.1. The summed E-state index contributed by atoms with van der Waals surface area (Å²) in [7, 11) is -3.18. The fourth-order valence-electron chi connectivity index (χ4n) is 1.78. The zero-order chi connectivity index (χ0) is 14.9. The van der Waals surface area contributed by atoms with Crippen LogP contribution in [0.15, 0.2) is 41.3 Å². The van der Waals surface area contributed by atoms with Crippen molar-refractivity contribution < 1.29 is 8.42 Å². The number of rotatable bonds is 3. The van der Waals surface area contributed by atoms with Gasteiger partial charge in [-0.3, -0.25) is 0 Å². The molecule has 0 fully saturated rings. The quantitative estimate of drug-likeness (QED) is 0.852. The Labute approximate surface area is 123 Å². The molecule has 0 aromatic heterocycles. The molecule has 6 heteroatoms. The molecule has 0 radical (unpaired) electrons. The number of nitrogen functional groups attached to an aromatic ring is 1. The van der Waals surface area contributed by atoms with E-state index in [1.54, 1.807) is 36.4 Å². The van der Waals surface area contributed by atoms with Gasteiger partial charge in [-0.25, -0.2) is 8.42 Å². The van der Waals surface area contributed by atoms with E-state index in [1.807, 2.05) is 6.92 Å². The molecule has 0 saturated heterocycles. The van der Waals surface area contributed by atoms with Crippen LogP contribution in [0.1, 0.15) is 5.56 Å². The molecule has 2 aromatic carbocycles. The summed E-state index contributed by atoms with van der Waals surface area (Å²) in [5.41, 5.74) is 8.82. The van der Waals surface area contributed by atoms with Crippen LogP contribution in [0.25, 0.3) is 0 Å². The summed E-state index contributed by atoms with van der Waals surface area (Å²) >= 11 is 5.99. The first-order valence-electron chi connectivity index (χ1n) is 5.90. The maximum Gasteiger partial charge on any atom is 0.175 e. The summed E-state index contributed by atoms with van der Waals surface area (Å²) in [4.78, 5) is 0.287. The minimum Gasteiger partial charge on any atom is -0.398 e. The molecule has 0 aliphatic rings. The van der Waals surface area contributed by atoms with Crippen molar-refractivity contribution in [2.75, 3.05) is 17.3 Å². The smallest absolute Gasteiger partial charge is 0.175 e. The van der Waals surface area contributed by atoms with Crippen LogP contribution in [0.3, 0.4) is 0 Å². The molecule has 0 heterocycles. The second kappa shape index (κ2) is 5.34. The van der Waals surface area contributed by atoms with Crippen LogP contribution < -0.4 is 11.1 Å². The number of hydrogen-bond donors (Lipinski definition) is 2. The van der Waals surface area contributed by atoms with Gasteiger partial charge in [0.15, 0.2) is 9.84 Å². The molecule has 0 atom stereocenters. The molecule has 0 saturated carbocycles. The monoisotopic (exact) mass is 310 g/mol. The highest BCUT2D eigenvalue weighted by Crippen LogP contribution is 2.29. The first-order valence-corrected chi connectivity index (χ1v) is 8.17. The van der Waals surface area contributed by atoms with Crippen molar-refractivity contribution in [2.24, 2.45) is 0 Å². The number of aryl methyl sites for hydroxylation is 1. The fourth-order valence-corrected chi connectivity index (χ4v) is 2.57. The standard InChI is InChI=1S/C14H15ClN2O2S/c1-9-7-13(16)12(15)8-14(9)17-10-3-5-11(6-4-10)20(2,18)19/h3-8,17H,16H2,1-2H3. The molecular formula is C14H15ClN2O2S. The van der Waals surface area contributed by atoms with Crippen LogP contribution in [0.4, 0.5) is 17.1 Å². The third-order valence-electron chi connectivity index (χ3n) is 2.91. The summed E-state index contributed by atoms with van der Waals surface area (Å²) in [6.07, 6.45) is 1.18. The van der Waals surface area contributed by atoms with E-state index in [4.69, 9.17) is 17.3 Å². The van der Waals surface area contributed by atoms with Crippen LogP contribution in [0.5, 0.6) is 0 Å². The van der Waals surface area contributed by atoms with Gasteiger partial charge in [-0.05, 0) is 48.9 Å². The largest absolute Gasteiger partial charge is 0.398 e. The number of nitrogens with two attached hydrogens (primary N) is 1. The highest BCUT2D eigenvalue weighted by Gasteiger charge is 2.07. The summed E-state index contributed by atoms with van der Waals surface area (Å²) in [6, 6.07) is 10.1. The lowest BCUT2D eigenvalue weighted by molar-refractivity contribution is 0.602. The van der Waals surface area contributed by atoms with E-state index in [-0.39, 0.29) is 4.90 Å². The highest BCUT2D eigenvalue weighted by molar-refractivity contribution is 7.90. The molecule has 20 heavy (non-hydrogen) atoms. The van der Waals surface area contributed by atoms with Gasteiger partial charge in [-0.2, -0.15) is 0 Å². The lowest BCUT2D eigenvalue weighted by Crippen LogP contribution is -1.98. The Hall–Kier alpha value is -1.72. The Morgan fingerprint density at radius 1 is 1.15 bits per heavy atom. The minimum absolute atomic E-state index is 0.287. The van der Waals surface area contributed by atoms with Gasteiger partial charge in [-0.15, -0.1) is 0 Å². The van der Waals surface area contributed by atoms with Crippen molar-refractivity contribution in [1.29, 1.82) is 0 Å². The first-order chi connectivity index (χ1) is 9.27. The van der Waals surface area contributed by atoms with Crippen molar-refractivity contribution in [3.8, 4) is 0 Å². The van der Waals surface area contributed by atoms with Crippen LogP contribution in [-0.4, -0.2) is 14.7 Å². The summed E-state index contributed by atoms with van der Waals surface area (Å²) < 4.78 is 22.8. The van der Waals surface area contributed by atoms with E-state index >= 15 is 0 Å². The van der Waals surface area contributed by atoms with Crippen molar-refractivity contribution in [3.63, 3.8) is 0 Å². The molecule has 106 valence electrons. The molecular weight excluding hydrogens is 296 g/mol. The zero-order valence-corrected chi connectivity index (χ0v) is 12.7. The topological polar surface area (TPSA) is 72.2 Å². The predicted octanol–water partition coefficient (Wildman–Crippen LogP) is 3.38. The van der Waals surface area contributed by atoms with Crippen molar-refractivity contribution in [2.45, 2.75) is 11.8 Å². The number of nitrogens with one attached hydrogen (secondary N) is 1. The molecule has 4 nitrogen and oxygen atoms in total. The Kier molecular flexibility index (Phi) is 3.92. The van der Waals surface area contributed by atoms with E-state index in [1.165, 1.54) is 6.26 Å². The molecule has 2 aromatic rings. The molecule has 0 spiro atoms. The van der Waals surface area contributed by atoms with Crippen molar-refractivity contribution in [3.05, 3.63) is 47.0 Å². The minimum atomic E-state index is -3.18. The summed E-state index contributed by atoms with van der Waals surface area (Å²) in [6.45, 7) is 1.92. The van der Waals surface area contributed by atoms with Crippen molar-refractivity contribution >= 4 is 38.5 Å². The Balaban J connectivity index is 2.29. The first kappa shape index (κ1) is 14.7. The third kappa shape index (κ3) is 3.23. The van der Waals surface area contributed by atoms with E-state index in [9.17, 15) is 8.42 Å². The van der Waals surface area contributed by atoms with Gasteiger partial charge >= 0.3 is 0 Å². The van der Waals surface area contributed by atoms with Gasteiger partial charge in [0.1, 0.15) is 0 Å². The van der Waals surface area contributed by atoms with Crippen LogP contribution >= 0.6 is 11.6 Å². The fraction of sp³-hybridized carbons (Fsp3) is 0.143. The normalized spacial score (nSPS) is 11.3. The van der Waals surface area contributed by atoms with Gasteiger partial charge < -0.3 is 11.1 Å². The van der Waals surface area contributed by atoms with Crippen LogP contribution in [0, 0.1) is 6.92 Å². The third-order valence-corrected chi connectivity index (χ3v) is 4.36. The molecule has 0 amide bonds. The second-order valence-electron chi connectivity index (χ2n) is 4.61. The predicted molar refractivity (Wildman–Crippen MR) is 83.4 cm³/mol. The van der Waals surface area contributed by atoms with Gasteiger partial charge in [-0.1, -0.05) is 11.6 Å². The molecule has 3 N–H and O–H groups in total.